The standard InChI is InChI=1S/C22H26ClN3O4S/c1-3-26(4-2)31(29,30)20-15-16(10-11-19(20)23)21(27)24-18-9-7-8-17(14-18)22(28)25-12-5-6-13-25/h7-11,14-15H,3-6,12-13H2,1-2H3,(H,24,27). The molecule has 31 heavy (non-hydrogen) atoms. The number of halogens is 1. The number of hydrogen-bond donors (Lipinski definition) is 1. The third kappa shape index (κ3) is 5.08. The van der Waals surface area contributed by atoms with E-state index in [1.165, 1.54) is 22.5 Å². The van der Waals surface area contributed by atoms with Crippen LogP contribution in [-0.2, 0) is 10.0 Å². The first-order valence-electron chi connectivity index (χ1n) is 10.3. The Bertz CT molecular complexity index is 1080. The lowest BCUT2D eigenvalue weighted by atomic mass is 10.1. The molecule has 0 unspecified atom stereocenters. The highest BCUT2D eigenvalue weighted by Crippen LogP contribution is 2.26. The van der Waals surface area contributed by atoms with Gasteiger partial charge in [0.1, 0.15) is 4.90 Å². The summed E-state index contributed by atoms with van der Waals surface area (Å²) in [6, 6.07) is 10.9. The summed E-state index contributed by atoms with van der Waals surface area (Å²) in [4.78, 5) is 27.1. The molecule has 0 radical (unpaired) electrons. The average Bonchev–Trinajstić information content (AvgIpc) is 3.29. The van der Waals surface area contributed by atoms with Crippen molar-refractivity contribution in [2.24, 2.45) is 0 Å². The quantitative estimate of drug-likeness (QED) is 0.675. The largest absolute Gasteiger partial charge is 0.339 e. The number of carbonyl (C=O) groups excluding carboxylic acids is 2. The monoisotopic (exact) mass is 463 g/mol. The number of benzene rings is 2. The van der Waals surface area contributed by atoms with E-state index >= 15 is 0 Å². The molecule has 0 aliphatic carbocycles. The Hall–Kier alpha value is -2.42. The fraction of sp³-hybridized carbons (Fsp3) is 0.364. The molecule has 2 aromatic rings. The van der Waals surface area contributed by atoms with Gasteiger partial charge in [-0.15, -0.1) is 0 Å². The Morgan fingerprint density at radius 2 is 1.71 bits per heavy atom. The van der Waals surface area contributed by atoms with Crippen LogP contribution in [0.3, 0.4) is 0 Å². The number of sulfonamides is 1. The molecule has 9 heteroatoms. The third-order valence-electron chi connectivity index (χ3n) is 5.28. The van der Waals surface area contributed by atoms with Crippen LogP contribution in [0.25, 0.3) is 0 Å². The molecule has 1 aliphatic heterocycles. The number of carbonyl (C=O) groups is 2. The van der Waals surface area contributed by atoms with Crippen molar-refractivity contribution in [2.45, 2.75) is 31.6 Å². The van der Waals surface area contributed by atoms with E-state index in [2.05, 4.69) is 5.32 Å². The number of nitrogens with one attached hydrogen (secondary N) is 1. The Morgan fingerprint density at radius 1 is 1.03 bits per heavy atom. The average molecular weight is 464 g/mol. The van der Waals surface area contributed by atoms with E-state index in [1.807, 2.05) is 0 Å². The highest BCUT2D eigenvalue weighted by Gasteiger charge is 2.26. The second kappa shape index (κ2) is 9.80. The predicted octanol–water partition coefficient (Wildman–Crippen LogP) is 3.86. The molecule has 0 bridgehead atoms. The van der Waals surface area contributed by atoms with Crippen molar-refractivity contribution < 1.29 is 18.0 Å². The van der Waals surface area contributed by atoms with E-state index in [1.54, 1.807) is 43.0 Å². The van der Waals surface area contributed by atoms with Gasteiger partial charge < -0.3 is 10.2 Å². The lowest BCUT2D eigenvalue weighted by Crippen LogP contribution is -2.31. The molecule has 1 saturated heterocycles. The zero-order chi connectivity index (χ0) is 22.6. The number of rotatable bonds is 7. The number of amides is 2. The summed E-state index contributed by atoms with van der Waals surface area (Å²) in [5.74, 6) is -0.550. The molecule has 7 nitrogen and oxygen atoms in total. The van der Waals surface area contributed by atoms with E-state index in [9.17, 15) is 18.0 Å². The van der Waals surface area contributed by atoms with Crippen LogP contribution >= 0.6 is 11.6 Å². The summed E-state index contributed by atoms with van der Waals surface area (Å²) < 4.78 is 27.0. The zero-order valence-electron chi connectivity index (χ0n) is 17.6. The number of anilines is 1. The molecule has 1 N–H and O–H groups in total. The summed E-state index contributed by atoms with van der Waals surface area (Å²) in [6.45, 7) is 5.55. The van der Waals surface area contributed by atoms with Crippen LogP contribution in [0.2, 0.25) is 5.02 Å². The van der Waals surface area contributed by atoms with Crippen molar-refractivity contribution in [3.05, 3.63) is 58.6 Å². The van der Waals surface area contributed by atoms with Crippen molar-refractivity contribution in [1.29, 1.82) is 0 Å². The number of likely N-dealkylation sites (tertiary alicyclic amines) is 1. The van der Waals surface area contributed by atoms with Gasteiger partial charge in [-0.3, -0.25) is 9.59 Å². The third-order valence-corrected chi connectivity index (χ3v) is 7.81. The molecule has 166 valence electrons. The van der Waals surface area contributed by atoms with Gasteiger partial charge in [0, 0.05) is 43.0 Å². The van der Waals surface area contributed by atoms with Crippen LogP contribution in [0.4, 0.5) is 5.69 Å². The fourth-order valence-corrected chi connectivity index (χ4v) is 5.54. The van der Waals surface area contributed by atoms with Crippen molar-refractivity contribution in [3.63, 3.8) is 0 Å². The number of nitrogens with zero attached hydrogens (tertiary/aromatic N) is 2. The van der Waals surface area contributed by atoms with E-state index in [4.69, 9.17) is 11.6 Å². The minimum Gasteiger partial charge on any atom is -0.339 e. The number of hydrogen-bond acceptors (Lipinski definition) is 4. The lowest BCUT2D eigenvalue weighted by molar-refractivity contribution is 0.0792. The smallest absolute Gasteiger partial charge is 0.255 e. The summed E-state index contributed by atoms with van der Waals surface area (Å²) in [5.41, 5.74) is 1.12. The summed E-state index contributed by atoms with van der Waals surface area (Å²) in [5, 5.41) is 2.80. The maximum atomic E-state index is 12.9. The van der Waals surface area contributed by atoms with Crippen LogP contribution < -0.4 is 5.32 Å². The minimum atomic E-state index is -3.82. The Kier molecular flexibility index (Phi) is 7.35. The van der Waals surface area contributed by atoms with Gasteiger partial charge in [-0.25, -0.2) is 8.42 Å². The lowest BCUT2D eigenvalue weighted by Gasteiger charge is -2.19. The van der Waals surface area contributed by atoms with Crippen LogP contribution in [0.1, 0.15) is 47.4 Å². The van der Waals surface area contributed by atoms with Crippen molar-refractivity contribution >= 4 is 39.1 Å². The first-order valence-corrected chi connectivity index (χ1v) is 12.1. The summed E-state index contributed by atoms with van der Waals surface area (Å²) in [7, 11) is -3.82. The van der Waals surface area contributed by atoms with Crippen molar-refractivity contribution in [3.8, 4) is 0 Å². The van der Waals surface area contributed by atoms with Crippen LogP contribution in [-0.4, -0.2) is 55.6 Å². The van der Waals surface area contributed by atoms with Crippen molar-refractivity contribution in [1.82, 2.24) is 9.21 Å². The molecule has 1 fully saturated rings. The Morgan fingerprint density at radius 3 is 2.35 bits per heavy atom. The molecule has 1 aliphatic rings. The second-order valence-corrected chi connectivity index (χ2v) is 9.58. The van der Waals surface area contributed by atoms with Crippen LogP contribution in [0, 0.1) is 0 Å². The van der Waals surface area contributed by atoms with Gasteiger partial charge in [-0.05, 0) is 49.2 Å². The van der Waals surface area contributed by atoms with Gasteiger partial charge in [-0.2, -0.15) is 4.31 Å². The zero-order valence-corrected chi connectivity index (χ0v) is 19.2. The highest BCUT2D eigenvalue weighted by molar-refractivity contribution is 7.89. The van der Waals surface area contributed by atoms with Crippen molar-refractivity contribution in [2.75, 3.05) is 31.5 Å². The maximum Gasteiger partial charge on any atom is 0.255 e. The van der Waals surface area contributed by atoms with E-state index in [-0.39, 0.29) is 21.4 Å². The Labute approximate surface area is 188 Å². The second-order valence-electron chi connectivity index (χ2n) is 7.27. The van der Waals surface area contributed by atoms with E-state index in [0.29, 0.717) is 24.3 Å². The summed E-state index contributed by atoms with van der Waals surface area (Å²) >= 11 is 6.14. The first-order chi connectivity index (χ1) is 14.8. The molecule has 0 spiro atoms. The molecular formula is C22H26ClN3O4S. The van der Waals surface area contributed by atoms with Gasteiger partial charge in [0.25, 0.3) is 11.8 Å². The highest BCUT2D eigenvalue weighted by atomic mass is 35.5. The minimum absolute atomic E-state index is 0.0571. The Balaban J connectivity index is 1.83. The molecule has 0 saturated carbocycles. The molecule has 0 aromatic heterocycles. The van der Waals surface area contributed by atoms with Crippen LogP contribution in [0.15, 0.2) is 47.4 Å². The van der Waals surface area contributed by atoms with E-state index < -0.39 is 15.9 Å². The maximum absolute atomic E-state index is 12.9. The molecular weight excluding hydrogens is 438 g/mol. The fourth-order valence-electron chi connectivity index (χ4n) is 3.58. The molecule has 3 rings (SSSR count). The predicted molar refractivity (Wildman–Crippen MR) is 121 cm³/mol. The molecule has 1 heterocycles. The molecule has 2 aromatic carbocycles. The normalized spacial score (nSPS) is 14.1. The van der Waals surface area contributed by atoms with Gasteiger partial charge in [-0.1, -0.05) is 31.5 Å². The molecule has 0 atom stereocenters. The van der Waals surface area contributed by atoms with Crippen LogP contribution in [0.5, 0.6) is 0 Å². The van der Waals surface area contributed by atoms with E-state index in [0.717, 1.165) is 25.9 Å². The SMILES string of the molecule is CCN(CC)S(=O)(=O)c1cc(C(=O)Nc2cccc(C(=O)N3CCCC3)c2)ccc1Cl. The summed E-state index contributed by atoms with van der Waals surface area (Å²) in [6.07, 6.45) is 1.99. The van der Waals surface area contributed by atoms with Gasteiger partial charge in [0.2, 0.25) is 10.0 Å². The topological polar surface area (TPSA) is 86.8 Å². The van der Waals surface area contributed by atoms with Gasteiger partial charge >= 0.3 is 0 Å². The van der Waals surface area contributed by atoms with Gasteiger partial charge in [0.05, 0.1) is 5.02 Å². The van der Waals surface area contributed by atoms with Gasteiger partial charge in [0.15, 0.2) is 0 Å². The first kappa shape index (κ1) is 23.2. The molecule has 2 amide bonds.